The number of hydrogen-bond donors (Lipinski definition) is 0. The summed E-state index contributed by atoms with van der Waals surface area (Å²) >= 11 is 0. The first-order valence-corrected chi connectivity index (χ1v) is 6.63. The number of carbonyl (C=O) groups excluding carboxylic acids is 1. The van der Waals surface area contributed by atoms with Crippen LogP contribution in [0.25, 0.3) is 0 Å². The number of amides is 1. The quantitative estimate of drug-likeness (QED) is 0.845. The van der Waals surface area contributed by atoms with Gasteiger partial charge in [-0.15, -0.1) is 0 Å². The third-order valence-electron chi connectivity index (χ3n) is 3.58. The molecule has 20 heavy (non-hydrogen) atoms. The molecular weight excluding hydrogens is 256 g/mol. The smallest absolute Gasteiger partial charge is 0.231 e. The normalized spacial score (nSPS) is 17.0. The molecule has 104 valence electrons. The molecule has 0 aliphatic heterocycles. The lowest BCUT2D eigenvalue weighted by atomic mass is 10.1. The van der Waals surface area contributed by atoms with E-state index < -0.39 is 0 Å². The van der Waals surface area contributed by atoms with E-state index in [0.717, 1.165) is 18.5 Å². The third kappa shape index (κ3) is 2.29. The minimum absolute atomic E-state index is 0.0601. The van der Waals surface area contributed by atoms with Crippen molar-refractivity contribution in [2.75, 3.05) is 7.05 Å². The number of pyridine rings is 1. The minimum Gasteiger partial charge on any atom is -0.340 e. The zero-order valence-corrected chi connectivity index (χ0v) is 11.5. The Morgan fingerprint density at radius 3 is 3.15 bits per heavy atom. The summed E-state index contributed by atoms with van der Waals surface area (Å²) in [6, 6.07) is 3.95. The van der Waals surface area contributed by atoms with E-state index >= 15 is 0 Å². The first-order valence-electron chi connectivity index (χ1n) is 6.63. The molecule has 0 N–H and O–H groups in total. The van der Waals surface area contributed by atoms with Crippen molar-refractivity contribution in [2.24, 2.45) is 0 Å². The second kappa shape index (κ2) is 5.03. The van der Waals surface area contributed by atoms with Gasteiger partial charge in [-0.05, 0) is 24.5 Å². The maximum Gasteiger partial charge on any atom is 0.231 e. The number of rotatable bonds is 3. The summed E-state index contributed by atoms with van der Waals surface area (Å²) in [5.74, 6) is 0.945. The summed E-state index contributed by atoms with van der Waals surface area (Å²) in [7, 11) is 1.76. The molecule has 6 nitrogen and oxygen atoms in total. The standard InChI is InChI=1S/C14H16N4O2/c1-9-16-12(17-20-9)8-18(2)14(19)11-6-5-10-4-3-7-15-13(10)11/h3-4,7,11H,5-6,8H2,1-2H3. The van der Waals surface area contributed by atoms with Crippen molar-refractivity contribution < 1.29 is 9.32 Å². The fourth-order valence-electron chi connectivity index (χ4n) is 2.61. The highest BCUT2D eigenvalue weighted by Crippen LogP contribution is 2.32. The van der Waals surface area contributed by atoms with E-state index in [2.05, 4.69) is 15.1 Å². The highest BCUT2D eigenvalue weighted by atomic mass is 16.5. The number of aryl methyl sites for hydroxylation is 2. The number of likely N-dealkylation sites (N-methyl/N-ethyl adjacent to an activating group) is 1. The van der Waals surface area contributed by atoms with Gasteiger partial charge in [-0.1, -0.05) is 11.2 Å². The summed E-state index contributed by atoms with van der Waals surface area (Å²) < 4.78 is 4.92. The zero-order valence-electron chi connectivity index (χ0n) is 11.5. The summed E-state index contributed by atoms with van der Waals surface area (Å²) in [6.07, 6.45) is 3.47. The lowest BCUT2D eigenvalue weighted by Gasteiger charge is -2.19. The van der Waals surface area contributed by atoms with Gasteiger partial charge in [-0.2, -0.15) is 4.98 Å². The SMILES string of the molecule is Cc1nc(CN(C)C(=O)C2CCc3cccnc32)no1. The predicted octanol–water partition coefficient (Wildman–Crippen LogP) is 1.46. The van der Waals surface area contributed by atoms with Crippen LogP contribution in [0, 0.1) is 6.92 Å². The summed E-state index contributed by atoms with van der Waals surface area (Å²) in [5, 5.41) is 3.81. The van der Waals surface area contributed by atoms with Gasteiger partial charge in [0.15, 0.2) is 5.82 Å². The maximum absolute atomic E-state index is 12.5. The van der Waals surface area contributed by atoms with Crippen LogP contribution in [0.1, 0.15) is 35.3 Å². The molecule has 1 atom stereocenters. The molecule has 0 aromatic carbocycles. The van der Waals surface area contributed by atoms with Crippen LogP contribution in [0.15, 0.2) is 22.9 Å². The fourth-order valence-corrected chi connectivity index (χ4v) is 2.61. The molecule has 1 amide bonds. The van der Waals surface area contributed by atoms with Gasteiger partial charge in [-0.25, -0.2) is 0 Å². The fraction of sp³-hybridized carbons (Fsp3) is 0.429. The van der Waals surface area contributed by atoms with E-state index in [-0.39, 0.29) is 11.8 Å². The average Bonchev–Trinajstić information content (AvgIpc) is 3.04. The van der Waals surface area contributed by atoms with Crippen molar-refractivity contribution in [2.45, 2.75) is 32.2 Å². The Labute approximate surface area is 116 Å². The molecule has 0 saturated heterocycles. The highest BCUT2D eigenvalue weighted by Gasteiger charge is 2.32. The number of nitrogens with zero attached hydrogens (tertiary/aromatic N) is 4. The van der Waals surface area contributed by atoms with E-state index in [1.54, 1.807) is 25.1 Å². The first kappa shape index (κ1) is 12.8. The summed E-state index contributed by atoms with van der Waals surface area (Å²) in [5.41, 5.74) is 2.09. The Hall–Kier alpha value is -2.24. The van der Waals surface area contributed by atoms with Crippen molar-refractivity contribution >= 4 is 5.91 Å². The first-order chi connectivity index (χ1) is 9.65. The topological polar surface area (TPSA) is 72.1 Å². The Morgan fingerprint density at radius 2 is 2.40 bits per heavy atom. The average molecular weight is 272 g/mol. The van der Waals surface area contributed by atoms with Gasteiger partial charge in [0.25, 0.3) is 0 Å². The van der Waals surface area contributed by atoms with E-state index in [4.69, 9.17) is 4.52 Å². The molecule has 3 rings (SSSR count). The Kier molecular flexibility index (Phi) is 3.22. The summed E-state index contributed by atoms with van der Waals surface area (Å²) in [4.78, 5) is 22.6. The number of hydrogen-bond acceptors (Lipinski definition) is 5. The van der Waals surface area contributed by atoms with Crippen molar-refractivity contribution in [3.05, 3.63) is 41.3 Å². The van der Waals surface area contributed by atoms with E-state index in [1.807, 2.05) is 12.1 Å². The van der Waals surface area contributed by atoms with Gasteiger partial charge in [0, 0.05) is 20.2 Å². The second-order valence-electron chi connectivity index (χ2n) is 5.06. The monoisotopic (exact) mass is 272 g/mol. The van der Waals surface area contributed by atoms with Crippen molar-refractivity contribution in [3.63, 3.8) is 0 Å². The van der Waals surface area contributed by atoms with Gasteiger partial charge in [0.2, 0.25) is 11.8 Å². The van der Waals surface area contributed by atoms with Crippen LogP contribution >= 0.6 is 0 Å². The molecule has 1 aliphatic rings. The molecule has 6 heteroatoms. The van der Waals surface area contributed by atoms with E-state index in [9.17, 15) is 4.79 Å². The van der Waals surface area contributed by atoms with Crippen molar-refractivity contribution in [1.29, 1.82) is 0 Å². The molecule has 0 saturated carbocycles. The third-order valence-corrected chi connectivity index (χ3v) is 3.58. The molecular formula is C14H16N4O2. The molecule has 2 aromatic heterocycles. The molecule has 0 radical (unpaired) electrons. The van der Waals surface area contributed by atoms with Gasteiger partial charge < -0.3 is 9.42 Å². The number of fused-ring (bicyclic) bond motifs is 1. The van der Waals surface area contributed by atoms with Crippen LogP contribution in [0.3, 0.4) is 0 Å². The zero-order chi connectivity index (χ0) is 14.1. The summed E-state index contributed by atoms with van der Waals surface area (Å²) in [6.45, 7) is 2.09. The van der Waals surface area contributed by atoms with Gasteiger partial charge in [0.05, 0.1) is 18.2 Å². The van der Waals surface area contributed by atoms with Crippen LogP contribution in [0.5, 0.6) is 0 Å². The largest absolute Gasteiger partial charge is 0.340 e. The number of aromatic nitrogens is 3. The Bertz CT molecular complexity index is 638. The van der Waals surface area contributed by atoms with Crippen LogP contribution < -0.4 is 0 Å². The van der Waals surface area contributed by atoms with Gasteiger partial charge in [-0.3, -0.25) is 9.78 Å². The van der Waals surface area contributed by atoms with Gasteiger partial charge >= 0.3 is 0 Å². The molecule has 0 spiro atoms. The molecule has 0 fully saturated rings. The molecule has 2 aromatic rings. The van der Waals surface area contributed by atoms with Crippen LogP contribution in [0.2, 0.25) is 0 Å². The van der Waals surface area contributed by atoms with Crippen molar-refractivity contribution in [3.8, 4) is 0 Å². The minimum atomic E-state index is -0.149. The van der Waals surface area contributed by atoms with Gasteiger partial charge in [0.1, 0.15) is 0 Å². The molecule has 0 bridgehead atoms. The second-order valence-corrected chi connectivity index (χ2v) is 5.06. The van der Waals surface area contributed by atoms with Crippen LogP contribution in [-0.4, -0.2) is 33.0 Å². The Morgan fingerprint density at radius 1 is 1.55 bits per heavy atom. The molecule has 1 unspecified atom stereocenters. The van der Waals surface area contributed by atoms with E-state index in [1.165, 1.54) is 5.56 Å². The lowest BCUT2D eigenvalue weighted by Crippen LogP contribution is -2.31. The maximum atomic E-state index is 12.5. The predicted molar refractivity (Wildman–Crippen MR) is 70.8 cm³/mol. The van der Waals surface area contributed by atoms with Crippen LogP contribution in [-0.2, 0) is 17.8 Å². The molecule has 2 heterocycles. The highest BCUT2D eigenvalue weighted by molar-refractivity contribution is 5.84. The van der Waals surface area contributed by atoms with Crippen molar-refractivity contribution in [1.82, 2.24) is 20.0 Å². The molecule has 1 aliphatic carbocycles. The van der Waals surface area contributed by atoms with Crippen LogP contribution in [0.4, 0.5) is 0 Å². The number of carbonyl (C=O) groups is 1. The Balaban J connectivity index is 1.73. The lowest BCUT2D eigenvalue weighted by molar-refractivity contribution is -0.132. The van der Waals surface area contributed by atoms with E-state index in [0.29, 0.717) is 18.3 Å².